The number of hydrogen-bond donors (Lipinski definition) is 0. The molecule has 4 heteroatoms. The van der Waals surface area contributed by atoms with E-state index in [4.69, 9.17) is 0 Å². The Morgan fingerprint density at radius 2 is 2.29 bits per heavy atom. The Hall–Kier alpha value is -1.42. The van der Waals surface area contributed by atoms with Crippen molar-refractivity contribution < 1.29 is 0 Å². The SMILES string of the molecule is CCN1CCCC1c1nc2ccc(C)cn2n1. The average Bonchev–Trinajstić information content (AvgIpc) is 2.93. The van der Waals surface area contributed by atoms with Crippen molar-refractivity contribution in [3.63, 3.8) is 0 Å². The van der Waals surface area contributed by atoms with Crippen molar-refractivity contribution >= 4 is 5.65 Å². The second-order valence-corrected chi connectivity index (χ2v) is 4.77. The zero-order chi connectivity index (χ0) is 11.8. The number of fused-ring (bicyclic) bond motifs is 1. The fourth-order valence-corrected chi connectivity index (χ4v) is 2.64. The van der Waals surface area contributed by atoms with Crippen molar-refractivity contribution in [3.05, 3.63) is 29.7 Å². The minimum Gasteiger partial charge on any atom is -0.294 e. The van der Waals surface area contributed by atoms with Crippen LogP contribution in [-0.4, -0.2) is 32.6 Å². The Labute approximate surface area is 101 Å². The molecule has 1 atom stereocenters. The first-order valence-electron chi connectivity index (χ1n) is 6.35. The lowest BCUT2D eigenvalue weighted by atomic mass is 10.2. The zero-order valence-electron chi connectivity index (χ0n) is 10.4. The molecule has 0 aromatic carbocycles. The van der Waals surface area contributed by atoms with Crippen LogP contribution in [0.1, 0.15) is 37.2 Å². The highest BCUT2D eigenvalue weighted by Gasteiger charge is 2.27. The molecule has 1 aliphatic rings. The summed E-state index contributed by atoms with van der Waals surface area (Å²) in [5.41, 5.74) is 2.17. The van der Waals surface area contributed by atoms with E-state index in [9.17, 15) is 0 Å². The lowest BCUT2D eigenvalue weighted by molar-refractivity contribution is 0.262. The molecule has 3 heterocycles. The first kappa shape index (κ1) is 10.7. The summed E-state index contributed by atoms with van der Waals surface area (Å²) in [6.07, 6.45) is 4.48. The third kappa shape index (κ3) is 1.82. The van der Waals surface area contributed by atoms with E-state index in [1.807, 2.05) is 16.8 Å². The minimum atomic E-state index is 0.417. The molecule has 0 saturated carbocycles. The van der Waals surface area contributed by atoms with Crippen LogP contribution in [0.25, 0.3) is 5.65 Å². The second kappa shape index (κ2) is 4.11. The van der Waals surface area contributed by atoms with Crippen LogP contribution in [0.15, 0.2) is 18.3 Å². The minimum absolute atomic E-state index is 0.417. The van der Waals surface area contributed by atoms with Gasteiger partial charge in [0.25, 0.3) is 0 Å². The molecule has 0 spiro atoms. The molecule has 0 amide bonds. The Morgan fingerprint density at radius 1 is 1.41 bits per heavy atom. The number of likely N-dealkylation sites (tertiary alicyclic amines) is 1. The van der Waals surface area contributed by atoms with Gasteiger partial charge in [-0.05, 0) is 44.5 Å². The van der Waals surface area contributed by atoms with E-state index >= 15 is 0 Å². The maximum absolute atomic E-state index is 4.64. The second-order valence-electron chi connectivity index (χ2n) is 4.77. The van der Waals surface area contributed by atoms with Gasteiger partial charge in [0.2, 0.25) is 0 Å². The third-order valence-electron chi connectivity index (χ3n) is 3.56. The molecule has 90 valence electrons. The first-order valence-corrected chi connectivity index (χ1v) is 6.35. The highest BCUT2D eigenvalue weighted by molar-refractivity contribution is 5.38. The Morgan fingerprint density at radius 3 is 3.12 bits per heavy atom. The van der Waals surface area contributed by atoms with Gasteiger partial charge in [-0.15, -0.1) is 5.10 Å². The highest BCUT2D eigenvalue weighted by Crippen LogP contribution is 2.29. The van der Waals surface area contributed by atoms with Crippen LogP contribution in [0, 0.1) is 6.92 Å². The molecule has 1 fully saturated rings. The smallest absolute Gasteiger partial charge is 0.168 e. The van der Waals surface area contributed by atoms with Gasteiger partial charge >= 0.3 is 0 Å². The summed E-state index contributed by atoms with van der Waals surface area (Å²) < 4.78 is 1.90. The predicted molar refractivity (Wildman–Crippen MR) is 66.9 cm³/mol. The Kier molecular flexibility index (Phi) is 2.59. The van der Waals surface area contributed by atoms with Crippen LogP contribution in [0.4, 0.5) is 0 Å². The highest BCUT2D eigenvalue weighted by atomic mass is 15.3. The number of rotatable bonds is 2. The van der Waals surface area contributed by atoms with Crippen molar-refractivity contribution in [1.82, 2.24) is 19.5 Å². The van der Waals surface area contributed by atoms with Gasteiger partial charge in [0, 0.05) is 6.20 Å². The van der Waals surface area contributed by atoms with E-state index in [1.165, 1.54) is 24.9 Å². The van der Waals surface area contributed by atoms with Crippen LogP contribution in [-0.2, 0) is 0 Å². The summed E-state index contributed by atoms with van der Waals surface area (Å²) in [4.78, 5) is 7.10. The van der Waals surface area contributed by atoms with Crippen LogP contribution < -0.4 is 0 Å². The van der Waals surface area contributed by atoms with E-state index in [2.05, 4.69) is 34.9 Å². The summed E-state index contributed by atoms with van der Waals surface area (Å²) in [7, 11) is 0. The Balaban J connectivity index is 2.00. The van der Waals surface area contributed by atoms with E-state index in [-0.39, 0.29) is 0 Å². The monoisotopic (exact) mass is 230 g/mol. The molecule has 0 bridgehead atoms. The molecule has 17 heavy (non-hydrogen) atoms. The quantitative estimate of drug-likeness (QED) is 0.793. The predicted octanol–water partition coefficient (Wildman–Crippen LogP) is 2.19. The van der Waals surface area contributed by atoms with E-state index in [0.717, 1.165) is 18.0 Å². The molecule has 2 aromatic rings. The molecule has 4 nitrogen and oxygen atoms in total. The maximum Gasteiger partial charge on any atom is 0.168 e. The molecule has 2 aromatic heterocycles. The molecule has 1 unspecified atom stereocenters. The largest absolute Gasteiger partial charge is 0.294 e. The summed E-state index contributed by atoms with van der Waals surface area (Å²) in [6, 6.07) is 4.54. The van der Waals surface area contributed by atoms with Gasteiger partial charge in [-0.2, -0.15) is 0 Å². The molecular formula is C13H18N4. The Bertz CT molecular complexity index is 531. The van der Waals surface area contributed by atoms with Gasteiger partial charge < -0.3 is 0 Å². The number of aromatic nitrogens is 3. The van der Waals surface area contributed by atoms with Crippen molar-refractivity contribution in [2.45, 2.75) is 32.7 Å². The molecule has 0 aliphatic carbocycles. The van der Waals surface area contributed by atoms with Crippen LogP contribution in [0.5, 0.6) is 0 Å². The lowest BCUT2D eigenvalue weighted by Crippen LogP contribution is -2.23. The molecule has 0 radical (unpaired) electrons. The number of nitrogens with zero attached hydrogens (tertiary/aromatic N) is 4. The number of aryl methyl sites for hydroxylation is 1. The number of pyridine rings is 1. The average molecular weight is 230 g/mol. The molecular weight excluding hydrogens is 212 g/mol. The van der Waals surface area contributed by atoms with Crippen LogP contribution in [0.2, 0.25) is 0 Å². The first-order chi connectivity index (χ1) is 8.28. The molecule has 1 aliphatic heterocycles. The van der Waals surface area contributed by atoms with Crippen LogP contribution in [0.3, 0.4) is 0 Å². The summed E-state index contributed by atoms with van der Waals surface area (Å²) >= 11 is 0. The zero-order valence-corrected chi connectivity index (χ0v) is 10.4. The van der Waals surface area contributed by atoms with E-state index < -0.39 is 0 Å². The molecule has 3 rings (SSSR count). The van der Waals surface area contributed by atoms with Crippen LogP contribution >= 0.6 is 0 Å². The lowest BCUT2D eigenvalue weighted by Gasteiger charge is -2.19. The molecule has 0 N–H and O–H groups in total. The van der Waals surface area contributed by atoms with E-state index in [0.29, 0.717) is 6.04 Å². The third-order valence-corrected chi connectivity index (χ3v) is 3.56. The fourth-order valence-electron chi connectivity index (χ4n) is 2.64. The fraction of sp³-hybridized carbons (Fsp3) is 0.538. The normalized spacial score (nSPS) is 21.4. The topological polar surface area (TPSA) is 33.4 Å². The van der Waals surface area contributed by atoms with Crippen molar-refractivity contribution in [3.8, 4) is 0 Å². The summed E-state index contributed by atoms with van der Waals surface area (Å²) in [5, 5.41) is 4.62. The molecule has 1 saturated heterocycles. The van der Waals surface area contributed by atoms with Crippen molar-refractivity contribution in [2.24, 2.45) is 0 Å². The van der Waals surface area contributed by atoms with Crippen molar-refractivity contribution in [1.29, 1.82) is 0 Å². The van der Waals surface area contributed by atoms with Gasteiger partial charge in [0.05, 0.1) is 6.04 Å². The van der Waals surface area contributed by atoms with Crippen molar-refractivity contribution in [2.75, 3.05) is 13.1 Å². The van der Waals surface area contributed by atoms with Gasteiger partial charge in [0.15, 0.2) is 11.5 Å². The van der Waals surface area contributed by atoms with Gasteiger partial charge in [-0.1, -0.05) is 13.0 Å². The number of hydrogen-bond acceptors (Lipinski definition) is 3. The van der Waals surface area contributed by atoms with Gasteiger partial charge in [-0.3, -0.25) is 4.90 Å². The van der Waals surface area contributed by atoms with E-state index in [1.54, 1.807) is 0 Å². The summed E-state index contributed by atoms with van der Waals surface area (Å²) in [6.45, 7) is 6.54. The van der Waals surface area contributed by atoms with Gasteiger partial charge in [-0.25, -0.2) is 9.50 Å². The standard InChI is InChI=1S/C13H18N4/c1-3-16-8-4-5-11(16)13-14-12-7-6-10(2)9-17(12)15-13/h6-7,9,11H,3-5,8H2,1-2H3. The summed E-state index contributed by atoms with van der Waals surface area (Å²) in [5.74, 6) is 0.981. The van der Waals surface area contributed by atoms with Gasteiger partial charge in [0.1, 0.15) is 0 Å². The maximum atomic E-state index is 4.64.